The number of anilines is 1. The van der Waals surface area contributed by atoms with Gasteiger partial charge in [0, 0.05) is 13.1 Å². The zero-order valence-corrected chi connectivity index (χ0v) is 17.6. The van der Waals surface area contributed by atoms with Crippen LogP contribution in [-0.2, 0) is 14.8 Å². The van der Waals surface area contributed by atoms with E-state index in [1.807, 2.05) is 26.0 Å². The van der Waals surface area contributed by atoms with E-state index in [9.17, 15) is 13.2 Å². The molecule has 1 atom stereocenters. The van der Waals surface area contributed by atoms with Crippen molar-refractivity contribution in [2.24, 2.45) is 5.92 Å². The van der Waals surface area contributed by atoms with Crippen molar-refractivity contribution in [3.05, 3.63) is 59.7 Å². The molecule has 1 saturated heterocycles. The van der Waals surface area contributed by atoms with Crippen LogP contribution in [0.15, 0.2) is 53.4 Å². The normalized spacial score (nSPS) is 17.4. The number of aryl methyl sites for hydroxylation is 2. The first-order valence-electron chi connectivity index (χ1n) is 9.72. The number of amides is 1. The summed E-state index contributed by atoms with van der Waals surface area (Å²) in [5, 5.41) is 0. The van der Waals surface area contributed by atoms with E-state index in [0.717, 1.165) is 24.0 Å². The van der Waals surface area contributed by atoms with E-state index in [-0.39, 0.29) is 17.3 Å². The largest absolute Gasteiger partial charge is 0.341 e. The number of benzene rings is 2. The van der Waals surface area contributed by atoms with Gasteiger partial charge in [-0.1, -0.05) is 42.8 Å². The van der Waals surface area contributed by atoms with Crippen LogP contribution in [0.2, 0.25) is 0 Å². The van der Waals surface area contributed by atoms with Crippen LogP contribution in [0.4, 0.5) is 5.69 Å². The zero-order valence-electron chi connectivity index (χ0n) is 16.8. The lowest BCUT2D eigenvalue weighted by Gasteiger charge is -2.33. The summed E-state index contributed by atoms with van der Waals surface area (Å²) in [7, 11) is -3.85. The van der Waals surface area contributed by atoms with Crippen molar-refractivity contribution in [3.63, 3.8) is 0 Å². The molecule has 2 aromatic rings. The van der Waals surface area contributed by atoms with Gasteiger partial charge in [0.25, 0.3) is 10.0 Å². The van der Waals surface area contributed by atoms with Gasteiger partial charge in [-0.3, -0.25) is 9.10 Å². The van der Waals surface area contributed by atoms with Gasteiger partial charge in [-0.25, -0.2) is 8.42 Å². The summed E-state index contributed by atoms with van der Waals surface area (Å²) in [6.07, 6.45) is 2.06. The Balaban J connectivity index is 1.98. The molecule has 0 unspecified atom stereocenters. The smallest absolute Gasteiger partial charge is 0.264 e. The van der Waals surface area contributed by atoms with Gasteiger partial charge >= 0.3 is 0 Å². The van der Waals surface area contributed by atoms with Crippen LogP contribution in [0.3, 0.4) is 0 Å². The Hall–Kier alpha value is -2.34. The molecule has 6 heteroatoms. The Bertz CT molecular complexity index is 942. The number of sulfonamides is 1. The molecule has 28 heavy (non-hydrogen) atoms. The summed E-state index contributed by atoms with van der Waals surface area (Å²) < 4.78 is 28.1. The molecule has 0 saturated carbocycles. The Morgan fingerprint density at radius 3 is 2.50 bits per heavy atom. The van der Waals surface area contributed by atoms with Gasteiger partial charge in [0.1, 0.15) is 6.54 Å². The Morgan fingerprint density at radius 1 is 1.14 bits per heavy atom. The first kappa shape index (κ1) is 20.4. The molecule has 1 aliphatic heterocycles. The molecular weight excluding hydrogens is 372 g/mol. The van der Waals surface area contributed by atoms with Crippen LogP contribution in [0.1, 0.15) is 30.9 Å². The SMILES string of the molecule is Cc1ccc(N(CC(=O)N2CCC[C@H](C)C2)S(=O)(=O)c2ccccc2)c(C)c1. The lowest BCUT2D eigenvalue weighted by molar-refractivity contribution is -0.131. The highest BCUT2D eigenvalue weighted by atomic mass is 32.2. The van der Waals surface area contributed by atoms with Crippen LogP contribution in [-0.4, -0.2) is 38.9 Å². The van der Waals surface area contributed by atoms with Crippen molar-refractivity contribution >= 4 is 21.6 Å². The molecule has 0 aliphatic carbocycles. The standard InChI is InChI=1S/C22H28N2O3S/c1-17-11-12-21(19(3)14-17)24(28(26,27)20-9-5-4-6-10-20)16-22(25)23-13-7-8-18(2)15-23/h4-6,9-12,14,18H,7-8,13,15-16H2,1-3H3/t18-/m0/s1. The van der Waals surface area contributed by atoms with Gasteiger partial charge in [-0.2, -0.15) is 0 Å². The molecule has 0 N–H and O–H groups in total. The summed E-state index contributed by atoms with van der Waals surface area (Å²) in [6, 6.07) is 13.9. The van der Waals surface area contributed by atoms with Crippen molar-refractivity contribution in [1.82, 2.24) is 4.90 Å². The number of nitrogens with zero attached hydrogens (tertiary/aromatic N) is 2. The molecule has 1 aliphatic rings. The molecule has 1 amide bonds. The van der Waals surface area contributed by atoms with E-state index in [1.165, 1.54) is 4.31 Å². The quantitative estimate of drug-likeness (QED) is 0.768. The second kappa shape index (κ2) is 8.35. The highest BCUT2D eigenvalue weighted by Gasteiger charge is 2.31. The molecule has 150 valence electrons. The molecule has 0 radical (unpaired) electrons. The first-order valence-corrected chi connectivity index (χ1v) is 11.2. The van der Waals surface area contributed by atoms with Gasteiger partial charge in [0.2, 0.25) is 5.91 Å². The van der Waals surface area contributed by atoms with E-state index in [0.29, 0.717) is 24.7 Å². The molecule has 1 heterocycles. The Labute approximate surface area is 168 Å². The molecule has 3 rings (SSSR count). The fourth-order valence-corrected chi connectivity index (χ4v) is 5.24. The Kier molecular flexibility index (Phi) is 6.08. The minimum atomic E-state index is -3.85. The molecular formula is C22H28N2O3S. The van der Waals surface area contributed by atoms with Crippen molar-refractivity contribution in [3.8, 4) is 0 Å². The highest BCUT2D eigenvalue weighted by molar-refractivity contribution is 7.92. The number of piperidine rings is 1. The third-order valence-corrected chi connectivity index (χ3v) is 7.01. The summed E-state index contributed by atoms with van der Waals surface area (Å²) in [5.74, 6) is 0.295. The van der Waals surface area contributed by atoms with E-state index in [2.05, 4.69) is 6.92 Å². The molecule has 0 spiro atoms. The van der Waals surface area contributed by atoms with Crippen LogP contribution in [0.25, 0.3) is 0 Å². The number of carbonyl (C=O) groups excluding carboxylic acids is 1. The lowest BCUT2D eigenvalue weighted by atomic mass is 10.0. The first-order chi connectivity index (χ1) is 13.3. The van der Waals surface area contributed by atoms with E-state index >= 15 is 0 Å². The maximum atomic E-state index is 13.4. The van der Waals surface area contributed by atoms with Crippen molar-refractivity contribution < 1.29 is 13.2 Å². The van der Waals surface area contributed by atoms with E-state index in [1.54, 1.807) is 41.3 Å². The second-order valence-corrected chi connectivity index (χ2v) is 9.56. The van der Waals surface area contributed by atoms with Gasteiger partial charge in [-0.15, -0.1) is 0 Å². The highest BCUT2D eigenvalue weighted by Crippen LogP contribution is 2.28. The summed E-state index contributed by atoms with van der Waals surface area (Å²) in [6.45, 7) is 7.16. The predicted octanol–water partition coefficient (Wildman–Crippen LogP) is 3.76. The topological polar surface area (TPSA) is 57.7 Å². The Morgan fingerprint density at radius 2 is 1.86 bits per heavy atom. The molecule has 1 fully saturated rings. The molecule has 0 bridgehead atoms. The molecule has 5 nitrogen and oxygen atoms in total. The summed E-state index contributed by atoms with van der Waals surface area (Å²) in [5.41, 5.74) is 2.43. The number of likely N-dealkylation sites (tertiary alicyclic amines) is 1. The van der Waals surface area contributed by atoms with Crippen molar-refractivity contribution in [2.45, 2.75) is 38.5 Å². The van der Waals surface area contributed by atoms with Gasteiger partial charge < -0.3 is 4.90 Å². The van der Waals surface area contributed by atoms with E-state index in [4.69, 9.17) is 0 Å². The minimum absolute atomic E-state index is 0.147. The third-order valence-electron chi connectivity index (χ3n) is 5.24. The second-order valence-electron chi connectivity index (χ2n) is 7.70. The third kappa shape index (κ3) is 4.38. The number of hydrogen-bond donors (Lipinski definition) is 0. The zero-order chi connectivity index (χ0) is 20.3. The number of rotatable bonds is 5. The monoisotopic (exact) mass is 400 g/mol. The maximum absolute atomic E-state index is 13.4. The van der Waals surface area contributed by atoms with Crippen LogP contribution in [0.5, 0.6) is 0 Å². The van der Waals surface area contributed by atoms with Crippen molar-refractivity contribution in [2.75, 3.05) is 23.9 Å². The lowest BCUT2D eigenvalue weighted by Crippen LogP contribution is -2.46. The molecule has 0 aromatic heterocycles. The average Bonchev–Trinajstić information content (AvgIpc) is 2.67. The summed E-state index contributed by atoms with van der Waals surface area (Å²) in [4.78, 5) is 15.0. The fourth-order valence-electron chi connectivity index (χ4n) is 3.74. The minimum Gasteiger partial charge on any atom is -0.341 e. The van der Waals surface area contributed by atoms with Gasteiger partial charge in [-0.05, 0) is 56.4 Å². The average molecular weight is 401 g/mol. The summed E-state index contributed by atoms with van der Waals surface area (Å²) >= 11 is 0. The maximum Gasteiger partial charge on any atom is 0.264 e. The van der Waals surface area contributed by atoms with Crippen LogP contribution in [0, 0.1) is 19.8 Å². The fraction of sp³-hybridized carbons (Fsp3) is 0.409. The van der Waals surface area contributed by atoms with E-state index < -0.39 is 10.0 Å². The van der Waals surface area contributed by atoms with Crippen LogP contribution < -0.4 is 4.31 Å². The van der Waals surface area contributed by atoms with Crippen molar-refractivity contribution in [1.29, 1.82) is 0 Å². The van der Waals surface area contributed by atoms with Gasteiger partial charge in [0.15, 0.2) is 0 Å². The predicted molar refractivity (Wildman–Crippen MR) is 112 cm³/mol. The van der Waals surface area contributed by atoms with Crippen LogP contribution >= 0.6 is 0 Å². The van der Waals surface area contributed by atoms with Gasteiger partial charge in [0.05, 0.1) is 10.6 Å². The number of hydrogen-bond acceptors (Lipinski definition) is 3. The molecule has 2 aromatic carbocycles. The number of carbonyl (C=O) groups is 1.